The van der Waals surface area contributed by atoms with Crippen molar-refractivity contribution in [2.45, 2.75) is 45.7 Å². The van der Waals surface area contributed by atoms with Gasteiger partial charge < -0.3 is 15.0 Å². The minimum Gasteiger partial charge on any atom is -0.483 e. The Morgan fingerprint density at radius 2 is 1.90 bits per heavy atom. The number of halogens is 2. The van der Waals surface area contributed by atoms with E-state index in [2.05, 4.69) is 35.1 Å². The van der Waals surface area contributed by atoms with Crippen molar-refractivity contribution in [3.05, 3.63) is 63.1 Å². The highest BCUT2D eigenvalue weighted by Gasteiger charge is 2.29. The van der Waals surface area contributed by atoms with Gasteiger partial charge in [0.05, 0.1) is 4.47 Å². The van der Waals surface area contributed by atoms with Crippen LogP contribution >= 0.6 is 27.5 Å². The zero-order chi connectivity index (χ0) is 22.3. The Bertz CT molecular complexity index is 889. The van der Waals surface area contributed by atoms with E-state index < -0.39 is 6.04 Å². The van der Waals surface area contributed by atoms with Gasteiger partial charge in [-0.15, -0.1) is 0 Å². The molecule has 162 valence electrons. The van der Waals surface area contributed by atoms with Crippen molar-refractivity contribution in [3.8, 4) is 5.75 Å². The van der Waals surface area contributed by atoms with Crippen molar-refractivity contribution >= 4 is 39.3 Å². The molecule has 0 saturated heterocycles. The first kappa shape index (κ1) is 24.2. The molecule has 0 aromatic heterocycles. The van der Waals surface area contributed by atoms with Crippen LogP contribution in [0.15, 0.2) is 46.9 Å². The Kier molecular flexibility index (Phi) is 9.18. The molecule has 2 amide bonds. The van der Waals surface area contributed by atoms with Crippen LogP contribution in [0.25, 0.3) is 0 Å². The summed E-state index contributed by atoms with van der Waals surface area (Å²) in [6, 6.07) is 12.5. The summed E-state index contributed by atoms with van der Waals surface area (Å²) in [7, 11) is 1.56. The van der Waals surface area contributed by atoms with Gasteiger partial charge in [0, 0.05) is 18.6 Å². The Balaban J connectivity index is 2.21. The largest absolute Gasteiger partial charge is 0.483 e. The molecule has 0 radical (unpaired) electrons. The second-order valence-electron chi connectivity index (χ2n) is 7.28. The summed E-state index contributed by atoms with van der Waals surface area (Å²) in [5.41, 5.74) is 1.95. The predicted molar refractivity (Wildman–Crippen MR) is 124 cm³/mol. The number of benzene rings is 2. The molecule has 30 heavy (non-hydrogen) atoms. The first-order valence-corrected chi connectivity index (χ1v) is 11.1. The van der Waals surface area contributed by atoms with Crippen molar-refractivity contribution in [1.82, 2.24) is 10.2 Å². The van der Waals surface area contributed by atoms with Gasteiger partial charge in [0.2, 0.25) is 5.91 Å². The molecular formula is C23H28BrClN2O3. The lowest BCUT2D eigenvalue weighted by molar-refractivity contribution is -0.142. The summed E-state index contributed by atoms with van der Waals surface area (Å²) in [4.78, 5) is 27.0. The molecule has 0 spiro atoms. The van der Waals surface area contributed by atoms with E-state index in [1.54, 1.807) is 13.1 Å². The minimum absolute atomic E-state index is 0.183. The Hall–Kier alpha value is -2.05. The van der Waals surface area contributed by atoms with E-state index in [-0.39, 0.29) is 25.0 Å². The van der Waals surface area contributed by atoms with Crippen LogP contribution in [-0.4, -0.2) is 36.4 Å². The number of carbonyl (C=O) groups is 2. The van der Waals surface area contributed by atoms with Gasteiger partial charge in [0.15, 0.2) is 6.61 Å². The first-order chi connectivity index (χ1) is 14.3. The van der Waals surface area contributed by atoms with Crippen molar-refractivity contribution < 1.29 is 14.3 Å². The fourth-order valence-corrected chi connectivity index (χ4v) is 3.82. The lowest BCUT2D eigenvalue weighted by atomic mass is 10.0. The summed E-state index contributed by atoms with van der Waals surface area (Å²) in [6.07, 6.45) is 0.475. The van der Waals surface area contributed by atoms with Crippen molar-refractivity contribution in [3.63, 3.8) is 0 Å². The average Bonchev–Trinajstić information content (AvgIpc) is 2.73. The normalized spacial score (nSPS) is 11.8. The second-order valence-corrected chi connectivity index (χ2v) is 8.55. The van der Waals surface area contributed by atoms with Gasteiger partial charge >= 0.3 is 0 Å². The second kappa shape index (κ2) is 11.4. The summed E-state index contributed by atoms with van der Waals surface area (Å²) < 4.78 is 6.58. The summed E-state index contributed by atoms with van der Waals surface area (Å²) >= 11 is 9.80. The molecule has 7 heteroatoms. The molecule has 2 aromatic carbocycles. The van der Waals surface area contributed by atoms with Crippen molar-refractivity contribution in [1.29, 1.82) is 0 Å². The minimum atomic E-state index is -0.617. The molecule has 0 aliphatic carbocycles. The monoisotopic (exact) mass is 494 g/mol. The fraction of sp³-hybridized carbons (Fsp3) is 0.391. The highest BCUT2D eigenvalue weighted by Crippen LogP contribution is 2.29. The number of carbonyl (C=O) groups excluding carboxylic acids is 2. The number of hydrogen-bond acceptors (Lipinski definition) is 3. The van der Waals surface area contributed by atoms with E-state index in [0.29, 0.717) is 23.1 Å². The van der Waals surface area contributed by atoms with Gasteiger partial charge in [-0.3, -0.25) is 9.59 Å². The van der Waals surface area contributed by atoms with Crippen molar-refractivity contribution in [2.75, 3.05) is 13.7 Å². The molecule has 0 heterocycles. The van der Waals surface area contributed by atoms with E-state index >= 15 is 0 Å². The van der Waals surface area contributed by atoms with Crippen LogP contribution in [0.4, 0.5) is 0 Å². The van der Waals surface area contributed by atoms with Gasteiger partial charge in [-0.25, -0.2) is 0 Å². The maximum absolute atomic E-state index is 13.1. The van der Waals surface area contributed by atoms with Crippen LogP contribution in [0.3, 0.4) is 0 Å². The smallest absolute Gasteiger partial charge is 0.261 e. The molecule has 0 aliphatic heterocycles. The fourth-order valence-electron chi connectivity index (χ4n) is 3.11. The van der Waals surface area contributed by atoms with E-state index in [9.17, 15) is 9.59 Å². The first-order valence-electron chi connectivity index (χ1n) is 9.95. The molecule has 0 saturated carbocycles. The number of ether oxygens (including phenoxy) is 1. The zero-order valence-corrected chi connectivity index (χ0v) is 20.1. The number of nitrogens with one attached hydrogen (secondary N) is 1. The lowest BCUT2D eigenvalue weighted by Crippen LogP contribution is -2.49. The molecule has 0 fully saturated rings. The third kappa shape index (κ3) is 6.22. The standard InChI is InChI=1S/C23H28BrClN2O3/c1-5-20(23(29)26-4)27(13-17-8-6-7-9-19(17)25)22(28)14-30-21-11-10-16(15(2)3)12-18(21)24/h6-12,15,20H,5,13-14H2,1-4H3,(H,26,29). The molecule has 0 aliphatic rings. The SMILES string of the molecule is CCC(C(=O)NC)N(Cc1ccccc1Cl)C(=O)COc1ccc(C(C)C)cc1Br. The van der Waals surface area contributed by atoms with Crippen LogP contribution in [0.2, 0.25) is 5.02 Å². The van der Waals surface area contributed by atoms with E-state index in [1.807, 2.05) is 43.3 Å². The van der Waals surface area contributed by atoms with E-state index in [1.165, 1.54) is 10.5 Å². The number of likely N-dealkylation sites (N-methyl/N-ethyl adjacent to an activating group) is 1. The third-order valence-electron chi connectivity index (χ3n) is 4.90. The van der Waals surface area contributed by atoms with Crippen LogP contribution in [0.5, 0.6) is 5.75 Å². The summed E-state index contributed by atoms with van der Waals surface area (Å²) in [5.74, 6) is 0.463. The van der Waals surface area contributed by atoms with Crippen LogP contribution in [0.1, 0.15) is 44.2 Å². The maximum atomic E-state index is 13.1. The molecule has 2 aromatic rings. The van der Waals surface area contributed by atoms with Gasteiger partial charge in [0.1, 0.15) is 11.8 Å². The molecule has 1 N–H and O–H groups in total. The van der Waals surface area contributed by atoms with E-state index in [0.717, 1.165) is 10.0 Å². The molecule has 1 unspecified atom stereocenters. The quantitative estimate of drug-likeness (QED) is 0.523. The number of amides is 2. The Labute approximate surface area is 191 Å². The van der Waals surface area contributed by atoms with Gasteiger partial charge in [-0.2, -0.15) is 0 Å². The summed E-state index contributed by atoms with van der Waals surface area (Å²) in [5, 5.41) is 3.19. The van der Waals surface area contributed by atoms with Crippen molar-refractivity contribution in [2.24, 2.45) is 0 Å². The van der Waals surface area contributed by atoms with Crippen LogP contribution in [0, 0.1) is 0 Å². The maximum Gasteiger partial charge on any atom is 0.261 e. The highest BCUT2D eigenvalue weighted by atomic mass is 79.9. The molecule has 5 nitrogen and oxygen atoms in total. The molecule has 2 rings (SSSR count). The van der Waals surface area contributed by atoms with E-state index in [4.69, 9.17) is 16.3 Å². The van der Waals surface area contributed by atoms with Crippen LogP contribution < -0.4 is 10.1 Å². The Morgan fingerprint density at radius 3 is 2.47 bits per heavy atom. The average molecular weight is 496 g/mol. The number of nitrogens with zero attached hydrogens (tertiary/aromatic N) is 1. The highest BCUT2D eigenvalue weighted by molar-refractivity contribution is 9.10. The number of rotatable bonds is 9. The molecule has 0 bridgehead atoms. The summed E-state index contributed by atoms with van der Waals surface area (Å²) in [6.45, 7) is 6.14. The Morgan fingerprint density at radius 1 is 1.20 bits per heavy atom. The predicted octanol–water partition coefficient (Wildman–Crippen LogP) is 5.16. The third-order valence-corrected chi connectivity index (χ3v) is 5.89. The van der Waals surface area contributed by atoms with Crippen LogP contribution in [-0.2, 0) is 16.1 Å². The number of hydrogen-bond donors (Lipinski definition) is 1. The lowest BCUT2D eigenvalue weighted by Gasteiger charge is -2.30. The van der Waals surface area contributed by atoms with Gasteiger partial charge in [-0.05, 0) is 57.6 Å². The topological polar surface area (TPSA) is 58.6 Å². The molecular weight excluding hydrogens is 468 g/mol. The van der Waals surface area contributed by atoms with Gasteiger partial charge in [-0.1, -0.05) is 56.6 Å². The zero-order valence-electron chi connectivity index (χ0n) is 17.7. The van der Waals surface area contributed by atoms with Gasteiger partial charge in [0.25, 0.3) is 5.91 Å². The molecule has 1 atom stereocenters.